The Morgan fingerprint density at radius 1 is 0.829 bits per heavy atom. The number of aromatic nitrogens is 2. The normalized spacial score (nSPS) is 14.0. The fourth-order valence-electron chi connectivity index (χ4n) is 4.26. The van der Waals surface area contributed by atoms with E-state index in [0.717, 1.165) is 31.7 Å². The summed E-state index contributed by atoms with van der Waals surface area (Å²) < 4.78 is 7.49. The second-order valence-electron chi connectivity index (χ2n) is 8.54. The van der Waals surface area contributed by atoms with Crippen molar-refractivity contribution in [3.63, 3.8) is 0 Å². The number of thioether (sulfide) groups is 1. The minimum absolute atomic E-state index is 0.0949. The molecule has 4 aromatic rings. The molecule has 0 radical (unpaired) electrons. The highest BCUT2D eigenvalue weighted by Crippen LogP contribution is 2.25. The fraction of sp³-hybridized carbons (Fsp3) is 0.250. The fourth-order valence-corrected chi connectivity index (χ4v) is 5.18. The van der Waals surface area contributed by atoms with Gasteiger partial charge in [0.15, 0.2) is 5.16 Å². The molecule has 0 saturated carbocycles. The molecule has 0 aliphatic carbocycles. The summed E-state index contributed by atoms with van der Waals surface area (Å²) in [5.41, 5.74) is 1.15. The lowest BCUT2D eigenvalue weighted by molar-refractivity contribution is -0.128. The van der Waals surface area contributed by atoms with Crippen LogP contribution in [0.25, 0.3) is 16.6 Å². The van der Waals surface area contributed by atoms with Crippen LogP contribution in [0.5, 0.6) is 11.5 Å². The van der Waals surface area contributed by atoms with Crippen molar-refractivity contribution in [1.29, 1.82) is 0 Å². The van der Waals surface area contributed by atoms with Crippen LogP contribution in [0.15, 0.2) is 88.8 Å². The van der Waals surface area contributed by atoms with Gasteiger partial charge in [0.1, 0.15) is 11.5 Å². The monoisotopic (exact) mass is 485 g/mol. The maximum Gasteiger partial charge on any atom is 0.266 e. The van der Waals surface area contributed by atoms with E-state index in [0.29, 0.717) is 27.5 Å². The molecule has 1 saturated heterocycles. The van der Waals surface area contributed by atoms with E-state index in [4.69, 9.17) is 9.72 Å². The minimum atomic E-state index is -0.156. The largest absolute Gasteiger partial charge is 0.457 e. The lowest BCUT2D eigenvalue weighted by atomic mass is 10.2. The van der Waals surface area contributed by atoms with E-state index in [1.165, 1.54) is 24.6 Å². The summed E-state index contributed by atoms with van der Waals surface area (Å²) in [6.07, 6.45) is 4.44. The number of para-hydroxylation sites is 2. The molecule has 0 unspecified atom stereocenters. The van der Waals surface area contributed by atoms with Crippen molar-refractivity contribution >= 4 is 28.6 Å². The number of ether oxygens (including phenoxy) is 1. The average molecular weight is 486 g/mol. The number of nitrogens with zero attached hydrogens (tertiary/aromatic N) is 3. The molecule has 0 N–H and O–H groups in total. The molecule has 2 heterocycles. The first-order valence-electron chi connectivity index (χ1n) is 11.9. The van der Waals surface area contributed by atoms with E-state index >= 15 is 0 Å². The number of rotatable bonds is 6. The number of carbonyl (C=O) groups is 1. The van der Waals surface area contributed by atoms with E-state index in [9.17, 15) is 9.59 Å². The summed E-state index contributed by atoms with van der Waals surface area (Å²) in [5.74, 6) is 1.76. The van der Waals surface area contributed by atoms with Crippen molar-refractivity contribution in [2.75, 3.05) is 18.8 Å². The van der Waals surface area contributed by atoms with E-state index in [-0.39, 0.29) is 17.2 Å². The summed E-state index contributed by atoms with van der Waals surface area (Å²) in [4.78, 5) is 33.1. The Kier molecular flexibility index (Phi) is 7.14. The SMILES string of the molecule is O=C(CSc1nc2ccccc2c(=O)n1-c1ccc(Oc2ccccc2)cc1)N1CCCCCC1. The molecule has 1 fully saturated rings. The standard InChI is InChI=1S/C28H27N3O3S/c32-26(30-18-8-1-2-9-19-30)20-35-28-29-25-13-7-6-12-24(25)27(33)31(28)21-14-16-23(17-15-21)34-22-10-4-3-5-11-22/h3-7,10-17H,1-2,8-9,18-20H2. The van der Waals surface area contributed by atoms with Gasteiger partial charge < -0.3 is 9.64 Å². The van der Waals surface area contributed by atoms with Gasteiger partial charge in [0.05, 0.1) is 22.3 Å². The molecular formula is C28H27N3O3S. The van der Waals surface area contributed by atoms with Gasteiger partial charge in [0.25, 0.3) is 5.56 Å². The predicted octanol–water partition coefficient (Wildman–Crippen LogP) is 5.67. The molecule has 1 amide bonds. The summed E-state index contributed by atoms with van der Waals surface area (Å²) in [7, 11) is 0. The topological polar surface area (TPSA) is 64.4 Å². The quantitative estimate of drug-likeness (QED) is 0.260. The van der Waals surface area contributed by atoms with Crippen LogP contribution >= 0.6 is 11.8 Å². The van der Waals surface area contributed by atoms with Crippen LogP contribution in [-0.4, -0.2) is 39.2 Å². The molecule has 5 rings (SSSR count). The Morgan fingerprint density at radius 3 is 2.23 bits per heavy atom. The third kappa shape index (κ3) is 5.41. The van der Waals surface area contributed by atoms with Crippen molar-refractivity contribution in [2.45, 2.75) is 30.8 Å². The van der Waals surface area contributed by atoms with E-state index in [1.807, 2.05) is 77.7 Å². The highest BCUT2D eigenvalue weighted by molar-refractivity contribution is 7.99. The van der Waals surface area contributed by atoms with Crippen LogP contribution in [0.4, 0.5) is 0 Å². The average Bonchev–Trinajstić information content (AvgIpc) is 3.19. The highest BCUT2D eigenvalue weighted by atomic mass is 32.2. The molecule has 178 valence electrons. The first-order chi connectivity index (χ1) is 17.2. The second kappa shape index (κ2) is 10.8. The zero-order valence-electron chi connectivity index (χ0n) is 19.4. The second-order valence-corrected chi connectivity index (χ2v) is 9.49. The molecule has 0 spiro atoms. The number of hydrogen-bond acceptors (Lipinski definition) is 5. The van der Waals surface area contributed by atoms with Gasteiger partial charge in [-0.25, -0.2) is 4.98 Å². The van der Waals surface area contributed by atoms with Crippen LogP contribution in [0.2, 0.25) is 0 Å². The van der Waals surface area contributed by atoms with Crippen molar-refractivity contribution in [1.82, 2.24) is 14.5 Å². The van der Waals surface area contributed by atoms with Crippen molar-refractivity contribution < 1.29 is 9.53 Å². The number of hydrogen-bond donors (Lipinski definition) is 0. The Balaban J connectivity index is 1.44. The molecule has 3 aromatic carbocycles. The van der Waals surface area contributed by atoms with Gasteiger partial charge in [0.2, 0.25) is 5.91 Å². The molecule has 7 heteroatoms. The van der Waals surface area contributed by atoms with Gasteiger partial charge in [-0.3, -0.25) is 14.2 Å². The summed E-state index contributed by atoms with van der Waals surface area (Å²) in [5, 5.41) is 1.05. The maximum absolute atomic E-state index is 13.5. The van der Waals surface area contributed by atoms with Gasteiger partial charge in [-0.1, -0.05) is 54.9 Å². The maximum atomic E-state index is 13.5. The number of amides is 1. The molecule has 0 bridgehead atoms. The van der Waals surface area contributed by atoms with Gasteiger partial charge >= 0.3 is 0 Å². The molecule has 1 aliphatic heterocycles. The Morgan fingerprint density at radius 2 is 1.49 bits per heavy atom. The highest BCUT2D eigenvalue weighted by Gasteiger charge is 2.19. The van der Waals surface area contributed by atoms with Crippen LogP contribution in [0, 0.1) is 0 Å². The number of fused-ring (bicyclic) bond motifs is 1. The third-order valence-corrected chi connectivity index (χ3v) is 7.03. The molecule has 35 heavy (non-hydrogen) atoms. The van der Waals surface area contributed by atoms with Gasteiger partial charge in [-0.15, -0.1) is 0 Å². The summed E-state index contributed by atoms with van der Waals surface area (Å²) >= 11 is 1.32. The van der Waals surface area contributed by atoms with Crippen molar-refractivity contribution in [3.05, 3.63) is 89.2 Å². The summed E-state index contributed by atoms with van der Waals surface area (Å²) in [6, 6.07) is 24.2. The number of likely N-dealkylation sites (tertiary alicyclic amines) is 1. The van der Waals surface area contributed by atoms with Crippen molar-refractivity contribution in [3.8, 4) is 17.2 Å². The van der Waals surface area contributed by atoms with Gasteiger partial charge in [-0.2, -0.15) is 0 Å². The third-order valence-electron chi connectivity index (χ3n) is 6.10. The Hall–Kier alpha value is -3.58. The first kappa shape index (κ1) is 23.2. The van der Waals surface area contributed by atoms with E-state index < -0.39 is 0 Å². The van der Waals surface area contributed by atoms with Crippen LogP contribution in [-0.2, 0) is 4.79 Å². The zero-order valence-corrected chi connectivity index (χ0v) is 20.2. The lowest BCUT2D eigenvalue weighted by Gasteiger charge is -2.20. The Bertz CT molecular complexity index is 1360. The molecule has 1 aromatic heterocycles. The van der Waals surface area contributed by atoms with Gasteiger partial charge in [0, 0.05) is 13.1 Å². The van der Waals surface area contributed by atoms with Crippen LogP contribution < -0.4 is 10.3 Å². The summed E-state index contributed by atoms with van der Waals surface area (Å²) in [6.45, 7) is 1.61. The van der Waals surface area contributed by atoms with Crippen LogP contribution in [0.1, 0.15) is 25.7 Å². The van der Waals surface area contributed by atoms with Gasteiger partial charge in [-0.05, 0) is 61.4 Å². The van der Waals surface area contributed by atoms with E-state index in [2.05, 4.69) is 0 Å². The minimum Gasteiger partial charge on any atom is -0.457 e. The van der Waals surface area contributed by atoms with Crippen molar-refractivity contribution in [2.24, 2.45) is 0 Å². The zero-order chi connectivity index (χ0) is 24.0. The number of carbonyl (C=O) groups excluding carboxylic acids is 1. The first-order valence-corrected chi connectivity index (χ1v) is 12.9. The Labute approximate surface area is 208 Å². The van der Waals surface area contributed by atoms with Crippen LogP contribution in [0.3, 0.4) is 0 Å². The smallest absolute Gasteiger partial charge is 0.266 e. The molecular weight excluding hydrogens is 458 g/mol. The predicted molar refractivity (Wildman–Crippen MR) is 140 cm³/mol. The number of benzene rings is 3. The lowest BCUT2D eigenvalue weighted by Crippen LogP contribution is -2.33. The molecule has 0 atom stereocenters. The van der Waals surface area contributed by atoms with E-state index in [1.54, 1.807) is 10.6 Å². The molecule has 1 aliphatic rings. The molecule has 6 nitrogen and oxygen atoms in total.